The second-order valence-corrected chi connectivity index (χ2v) is 7.84. The molecule has 0 aliphatic heterocycles. The van der Waals surface area contributed by atoms with Gasteiger partial charge in [0.05, 0.1) is 16.8 Å². The van der Waals surface area contributed by atoms with Crippen molar-refractivity contribution in [1.82, 2.24) is 9.97 Å². The van der Waals surface area contributed by atoms with E-state index >= 15 is 0 Å². The third-order valence-electron chi connectivity index (χ3n) is 4.70. The van der Waals surface area contributed by atoms with Crippen molar-refractivity contribution in [2.24, 2.45) is 5.10 Å². The highest BCUT2D eigenvalue weighted by molar-refractivity contribution is 9.10. The Balaban J connectivity index is 1.69. The van der Waals surface area contributed by atoms with Crippen LogP contribution in [0.25, 0.3) is 22.6 Å². The number of nitrogens with zero attached hydrogens (tertiary/aromatic N) is 5. The summed E-state index contributed by atoms with van der Waals surface area (Å²) in [5.74, 6) is 1.21. The lowest BCUT2D eigenvalue weighted by atomic mass is 10.1. The second kappa shape index (κ2) is 9.49. The molecule has 0 aliphatic rings. The van der Waals surface area contributed by atoms with E-state index in [1.807, 2.05) is 60.7 Å². The van der Waals surface area contributed by atoms with Gasteiger partial charge < -0.3 is 0 Å². The molecule has 0 aliphatic carbocycles. The number of hydrogen-bond acceptors (Lipinski definition) is 6. The van der Waals surface area contributed by atoms with Gasteiger partial charge in [0.25, 0.3) is 5.69 Å². The van der Waals surface area contributed by atoms with Gasteiger partial charge in [-0.1, -0.05) is 58.4 Å². The van der Waals surface area contributed by atoms with E-state index in [9.17, 15) is 10.1 Å². The van der Waals surface area contributed by atoms with Gasteiger partial charge in [0.1, 0.15) is 0 Å². The maximum absolute atomic E-state index is 10.8. The third-order valence-corrected chi connectivity index (χ3v) is 5.23. The number of rotatable bonds is 6. The van der Waals surface area contributed by atoms with Crippen molar-refractivity contribution >= 4 is 33.6 Å². The molecule has 0 spiro atoms. The number of nitro groups is 1. The quantitative estimate of drug-likeness (QED) is 0.190. The second-order valence-electron chi connectivity index (χ2n) is 6.92. The maximum atomic E-state index is 10.8. The molecule has 0 unspecified atom stereocenters. The van der Waals surface area contributed by atoms with Gasteiger partial charge in [-0.05, 0) is 29.8 Å². The summed E-state index contributed by atoms with van der Waals surface area (Å²) in [4.78, 5) is 19.9. The SMILES string of the molecule is CN(N=Cc1ccc([N+](=O)[O-])cc1)c1cc(-c2ccccc2)nc(-c2ccc(Br)cc2)n1. The Morgan fingerprint density at radius 3 is 2.28 bits per heavy atom. The zero-order valence-corrected chi connectivity index (χ0v) is 18.7. The monoisotopic (exact) mass is 487 g/mol. The number of hydrazone groups is 1. The van der Waals surface area contributed by atoms with E-state index in [0.717, 1.165) is 26.9 Å². The summed E-state index contributed by atoms with van der Waals surface area (Å²) in [5.41, 5.74) is 3.43. The molecule has 4 rings (SSSR count). The fraction of sp³-hybridized carbons (Fsp3) is 0.0417. The smallest absolute Gasteiger partial charge is 0.258 e. The number of anilines is 1. The molecule has 0 atom stereocenters. The first-order valence-electron chi connectivity index (χ1n) is 9.72. The normalized spacial score (nSPS) is 10.9. The van der Waals surface area contributed by atoms with Crippen molar-refractivity contribution in [3.8, 4) is 22.6 Å². The molecule has 32 heavy (non-hydrogen) atoms. The summed E-state index contributed by atoms with van der Waals surface area (Å²) in [6, 6.07) is 25.8. The Hall–Kier alpha value is -3.91. The molecule has 0 saturated heterocycles. The van der Waals surface area contributed by atoms with Crippen LogP contribution in [0.3, 0.4) is 0 Å². The lowest BCUT2D eigenvalue weighted by Gasteiger charge is -2.15. The van der Waals surface area contributed by atoms with Gasteiger partial charge in [-0.15, -0.1) is 0 Å². The molecular formula is C24H18BrN5O2. The summed E-state index contributed by atoms with van der Waals surface area (Å²) in [6.45, 7) is 0. The minimum Gasteiger partial charge on any atom is -0.258 e. The van der Waals surface area contributed by atoms with Gasteiger partial charge >= 0.3 is 0 Å². The Morgan fingerprint density at radius 2 is 1.62 bits per heavy atom. The first-order valence-corrected chi connectivity index (χ1v) is 10.5. The molecule has 0 fully saturated rings. The summed E-state index contributed by atoms with van der Waals surface area (Å²) in [5, 5.41) is 16.9. The zero-order chi connectivity index (χ0) is 22.5. The van der Waals surface area contributed by atoms with Gasteiger partial charge in [-0.2, -0.15) is 5.10 Å². The summed E-state index contributed by atoms with van der Waals surface area (Å²) in [6.07, 6.45) is 1.63. The Kier molecular flexibility index (Phi) is 6.32. The van der Waals surface area contributed by atoms with E-state index in [4.69, 9.17) is 9.97 Å². The fourth-order valence-electron chi connectivity index (χ4n) is 2.98. The van der Waals surface area contributed by atoms with Crippen LogP contribution in [-0.2, 0) is 0 Å². The molecule has 1 aromatic heterocycles. The van der Waals surface area contributed by atoms with Crippen molar-refractivity contribution < 1.29 is 4.92 Å². The predicted molar refractivity (Wildman–Crippen MR) is 130 cm³/mol. The van der Waals surface area contributed by atoms with Crippen LogP contribution in [0.5, 0.6) is 0 Å². The highest BCUT2D eigenvalue weighted by atomic mass is 79.9. The average molecular weight is 488 g/mol. The van der Waals surface area contributed by atoms with Crippen molar-refractivity contribution in [1.29, 1.82) is 0 Å². The maximum Gasteiger partial charge on any atom is 0.269 e. The topological polar surface area (TPSA) is 84.5 Å². The molecule has 7 nitrogen and oxygen atoms in total. The van der Waals surface area contributed by atoms with Gasteiger partial charge in [0.2, 0.25) is 0 Å². The van der Waals surface area contributed by atoms with Crippen molar-refractivity contribution in [3.05, 3.63) is 105 Å². The molecule has 1 heterocycles. The standard InChI is InChI=1S/C24H18BrN5O2/c1-29(26-16-17-7-13-21(14-8-17)30(31)32)23-15-22(18-5-3-2-4-6-18)27-24(28-23)19-9-11-20(25)12-10-19/h2-16H,1H3. The Bertz CT molecular complexity index is 1260. The third kappa shape index (κ3) is 5.04. The van der Waals surface area contributed by atoms with Crippen molar-refractivity contribution in [3.63, 3.8) is 0 Å². The number of non-ortho nitro benzene ring substituents is 1. The van der Waals surface area contributed by atoms with Crippen molar-refractivity contribution in [2.75, 3.05) is 12.1 Å². The van der Waals surface area contributed by atoms with E-state index in [1.165, 1.54) is 12.1 Å². The first kappa shape index (κ1) is 21.3. The van der Waals surface area contributed by atoms with E-state index in [0.29, 0.717) is 11.6 Å². The van der Waals surface area contributed by atoms with Crippen LogP contribution >= 0.6 is 15.9 Å². The Labute approximate surface area is 193 Å². The van der Waals surface area contributed by atoms with Gasteiger partial charge in [0.15, 0.2) is 11.6 Å². The van der Waals surface area contributed by atoms with Crippen LogP contribution in [0, 0.1) is 10.1 Å². The molecule has 158 valence electrons. The van der Waals surface area contributed by atoms with Crippen LogP contribution in [0.4, 0.5) is 11.5 Å². The lowest BCUT2D eigenvalue weighted by Crippen LogP contribution is -2.12. The molecular weight excluding hydrogens is 470 g/mol. The zero-order valence-electron chi connectivity index (χ0n) is 17.1. The van der Waals surface area contributed by atoms with Gasteiger partial charge in [-0.3, -0.25) is 15.1 Å². The molecule has 0 radical (unpaired) electrons. The fourth-order valence-corrected chi connectivity index (χ4v) is 3.24. The van der Waals surface area contributed by atoms with Crippen LogP contribution in [0.2, 0.25) is 0 Å². The summed E-state index contributed by atoms with van der Waals surface area (Å²) < 4.78 is 0.977. The van der Waals surface area contributed by atoms with Crippen LogP contribution in [-0.4, -0.2) is 28.2 Å². The van der Waals surface area contributed by atoms with E-state index < -0.39 is 4.92 Å². The number of benzene rings is 3. The summed E-state index contributed by atoms with van der Waals surface area (Å²) >= 11 is 3.46. The molecule has 8 heteroatoms. The number of halogens is 1. The van der Waals surface area contributed by atoms with E-state index in [1.54, 1.807) is 30.4 Å². The van der Waals surface area contributed by atoms with E-state index in [2.05, 4.69) is 21.0 Å². The minimum atomic E-state index is -0.428. The minimum absolute atomic E-state index is 0.0398. The lowest BCUT2D eigenvalue weighted by molar-refractivity contribution is -0.384. The van der Waals surface area contributed by atoms with Gasteiger partial charge in [-0.25, -0.2) is 9.97 Å². The molecule has 0 amide bonds. The molecule has 0 N–H and O–H groups in total. The molecule has 3 aromatic carbocycles. The van der Waals surface area contributed by atoms with Crippen LogP contribution in [0.1, 0.15) is 5.56 Å². The average Bonchev–Trinajstić information content (AvgIpc) is 2.83. The van der Waals surface area contributed by atoms with Crippen LogP contribution in [0.15, 0.2) is 94.5 Å². The van der Waals surface area contributed by atoms with Crippen LogP contribution < -0.4 is 5.01 Å². The van der Waals surface area contributed by atoms with Gasteiger partial charge in [0, 0.05) is 40.8 Å². The molecule has 0 bridgehead atoms. The highest BCUT2D eigenvalue weighted by Gasteiger charge is 2.11. The highest BCUT2D eigenvalue weighted by Crippen LogP contribution is 2.26. The number of aromatic nitrogens is 2. The number of nitro benzene ring substituents is 1. The Morgan fingerprint density at radius 1 is 0.938 bits per heavy atom. The molecule has 4 aromatic rings. The predicted octanol–water partition coefficient (Wildman–Crippen LogP) is 5.95. The number of hydrogen-bond donors (Lipinski definition) is 0. The first-order chi connectivity index (χ1) is 15.5. The van der Waals surface area contributed by atoms with Crippen molar-refractivity contribution in [2.45, 2.75) is 0 Å². The van der Waals surface area contributed by atoms with E-state index in [-0.39, 0.29) is 5.69 Å². The largest absolute Gasteiger partial charge is 0.269 e. The summed E-state index contributed by atoms with van der Waals surface area (Å²) in [7, 11) is 1.80. The molecule has 0 saturated carbocycles.